The Labute approximate surface area is 125 Å². The molecule has 20 heavy (non-hydrogen) atoms. The van der Waals surface area contributed by atoms with Crippen LogP contribution < -0.4 is 10.6 Å². The van der Waals surface area contributed by atoms with Crippen molar-refractivity contribution >= 4 is 33.7 Å². The van der Waals surface area contributed by atoms with Crippen LogP contribution in [0.5, 0.6) is 0 Å². The van der Waals surface area contributed by atoms with Gasteiger partial charge in [-0.2, -0.15) is 0 Å². The summed E-state index contributed by atoms with van der Waals surface area (Å²) in [4.78, 5) is 34.4. The van der Waals surface area contributed by atoms with E-state index in [4.69, 9.17) is 0 Å². The first-order chi connectivity index (χ1) is 9.43. The number of nitrogens with one attached hydrogen (secondary N) is 2. The second-order valence-corrected chi connectivity index (χ2v) is 4.92. The van der Waals surface area contributed by atoms with Gasteiger partial charge in [0.05, 0.1) is 13.7 Å². The van der Waals surface area contributed by atoms with E-state index in [2.05, 4.69) is 31.3 Å². The molecule has 0 aromatic heterocycles. The lowest BCUT2D eigenvalue weighted by molar-refractivity contribution is -0.144. The molecule has 7 heteroatoms. The molecule has 2 amide bonds. The smallest absolute Gasteiger partial charge is 0.328 e. The molecular formula is C13H15BrN2O4. The number of rotatable bonds is 5. The maximum atomic E-state index is 11.7. The van der Waals surface area contributed by atoms with Gasteiger partial charge in [-0.1, -0.05) is 15.9 Å². The standard InChI is InChI=1S/C13H15BrN2O4/c1-8(13(19)20-2)16-11(17)7-15-12(18)9-3-5-10(14)6-4-9/h3-6,8H,7H2,1-2H3,(H,15,18)(H,16,17). The molecule has 1 atom stereocenters. The number of amides is 2. The third kappa shape index (κ3) is 5.00. The Kier molecular flexibility index (Phi) is 6.17. The van der Waals surface area contributed by atoms with Crippen LogP contribution in [0, 0.1) is 0 Å². The molecule has 0 aliphatic heterocycles. The maximum absolute atomic E-state index is 11.7. The van der Waals surface area contributed by atoms with Crippen LogP contribution in [0.25, 0.3) is 0 Å². The van der Waals surface area contributed by atoms with Crippen LogP contribution in [-0.2, 0) is 14.3 Å². The van der Waals surface area contributed by atoms with E-state index in [0.29, 0.717) is 5.56 Å². The summed E-state index contributed by atoms with van der Waals surface area (Å²) >= 11 is 3.26. The van der Waals surface area contributed by atoms with E-state index in [-0.39, 0.29) is 12.5 Å². The average molecular weight is 343 g/mol. The Balaban J connectivity index is 2.43. The number of esters is 1. The monoisotopic (exact) mass is 342 g/mol. The largest absolute Gasteiger partial charge is 0.467 e. The van der Waals surface area contributed by atoms with Gasteiger partial charge in [0.25, 0.3) is 5.91 Å². The van der Waals surface area contributed by atoms with Crippen LogP contribution in [0.4, 0.5) is 0 Å². The molecular weight excluding hydrogens is 328 g/mol. The molecule has 0 spiro atoms. The van der Waals surface area contributed by atoms with Crippen molar-refractivity contribution in [3.05, 3.63) is 34.3 Å². The number of benzene rings is 1. The molecule has 0 fully saturated rings. The van der Waals surface area contributed by atoms with Gasteiger partial charge in [-0.05, 0) is 31.2 Å². The van der Waals surface area contributed by atoms with Gasteiger partial charge in [-0.3, -0.25) is 9.59 Å². The average Bonchev–Trinajstić information content (AvgIpc) is 2.44. The molecule has 0 saturated carbocycles. The fourth-order valence-corrected chi connectivity index (χ4v) is 1.66. The van der Waals surface area contributed by atoms with E-state index in [9.17, 15) is 14.4 Å². The first kappa shape index (κ1) is 16.2. The normalized spacial score (nSPS) is 11.3. The second kappa shape index (κ2) is 7.64. The maximum Gasteiger partial charge on any atom is 0.328 e. The van der Waals surface area contributed by atoms with Crippen molar-refractivity contribution < 1.29 is 19.1 Å². The van der Waals surface area contributed by atoms with Crippen LogP contribution in [0.1, 0.15) is 17.3 Å². The zero-order chi connectivity index (χ0) is 15.1. The topological polar surface area (TPSA) is 84.5 Å². The van der Waals surface area contributed by atoms with Crippen molar-refractivity contribution in [1.29, 1.82) is 0 Å². The van der Waals surface area contributed by atoms with E-state index in [0.717, 1.165) is 4.47 Å². The lowest BCUT2D eigenvalue weighted by Gasteiger charge is -2.11. The highest BCUT2D eigenvalue weighted by Gasteiger charge is 2.16. The van der Waals surface area contributed by atoms with Crippen molar-refractivity contribution in [1.82, 2.24) is 10.6 Å². The van der Waals surface area contributed by atoms with Crippen molar-refractivity contribution in [3.8, 4) is 0 Å². The van der Waals surface area contributed by atoms with Crippen molar-refractivity contribution in [2.75, 3.05) is 13.7 Å². The third-order valence-corrected chi connectivity index (χ3v) is 2.98. The van der Waals surface area contributed by atoms with Gasteiger partial charge in [-0.15, -0.1) is 0 Å². The first-order valence-corrected chi connectivity index (χ1v) is 6.64. The quantitative estimate of drug-likeness (QED) is 0.777. The molecule has 108 valence electrons. The highest BCUT2D eigenvalue weighted by molar-refractivity contribution is 9.10. The second-order valence-electron chi connectivity index (χ2n) is 4.00. The van der Waals surface area contributed by atoms with Crippen LogP contribution >= 0.6 is 15.9 Å². The predicted octanol–water partition coefficient (Wildman–Crippen LogP) is 0.857. The summed E-state index contributed by atoms with van der Waals surface area (Å²) in [5, 5.41) is 4.87. The van der Waals surface area contributed by atoms with E-state index >= 15 is 0 Å². The lowest BCUT2D eigenvalue weighted by Crippen LogP contribution is -2.44. The van der Waals surface area contributed by atoms with Crippen molar-refractivity contribution in [3.63, 3.8) is 0 Å². The molecule has 2 N–H and O–H groups in total. The Hall–Kier alpha value is -1.89. The van der Waals surface area contributed by atoms with E-state index < -0.39 is 17.9 Å². The van der Waals surface area contributed by atoms with Gasteiger partial charge in [0.2, 0.25) is 5.91 Å². The number of methoxy groups -OCH3 is 1. The first-order valence-electron chi connectivity index (χ1n) is 5.85. The van der Waals surface area contributed by atoms with Crippen molar-refractivity contribution in [2.45, 2.75) is 13.0 Å². The van der Waals surface area contributed by atoms with Gasteiger partial charge in [-0.25, -0.2) is 4.79 Å². The van der Waals surface area contributed by atoms with Crippen molar-refractivity contribution in [2.24, 2.45) is 0 Å². The Bertz CT molecular complexity index is 502. The van der Waals surface area contributed by atoms with Crippen LogP contribution in [0.15, 0.2) is 28.7 Å². The summed E-state index contributed by atoms with van der Waals surface area (Å²) in [7, 11) is 1.24. The lowest BCUT2D eigenvalue weighted by atomic mass is 10.2. The van der Waals surface area contributed by atoms with Gasteiger partial charge < -0.3 is 15.4 Å². The molecule has 0 bridgehead atoms. The predicted molar refractivity (Wildman–Crippen MR) is 76.1 cm³/mol. The SMILES string of the molecule is COC(=O)C(C)NC(=O)CNC(=O)c1ccc(Br)cc1. The molecule has 0 saturated heterocycles. The molecule has 6 nitrogen and oxygen atoms in total. The number of hydrogen-bond acceptors (Lipinski definition) is 4. The Morgan fingerprint density at radius 2 is 1.85 bits per heavy atom. The number of ether oxygens (including phenoxy) is 1. The zero-order valence-corrected chi connectivity index (χ0v) is 12.7. The highest BCUT2D eigenvalue weighted by atomic mass is 79.9. The molecule has 1 aromatic carbocycles. The molecule has 0 aliphatic rings. The minimum absolute atomic E-state index is 0.212. The summed E-state index contributed by atoms with van der Waals surface area (Å²) in [6.07, 6.45) is 0. The molecule has 0 aliphatic carbocycles. The minimum Gasteiger partial charge on any atom is -0.467 e. The molecule has 0 radical (unpaired) electrons. The van der Waals surface area contributed by atoms with Gasteiger partial charge in [0, 0.05) is 10.0 Å². The summed E-state index contributed by atoms with van der Waals surface area (Å²) in [6, 6.07) is 5.97. The highest BCUT2D eigenvalue weighted by Crippen LogP contribution is 2.10. The summed E-state index contributed by atoms with van der Waals surface area (Å²) in [5.41, 5.74) is 0.446. The van der Waals surface area contributed by atoms with E-state index in [1.807, 2.05) is 0 Å². The number of hydrogen-bond donors (Lipinski definition) is 2. The van der Waals surface area contributed by atoms with Gasteiger partial charge in [0.1, 0.15) is 6.04 Å². The van der Waals surface area contributed by atoms with Crippen LogP contribution in [0.2, 0.25) is 0 Å². The van der Waals surface area contributed by atoms with Crippen LogP contribution in [-0.4, -0.2) is 37.5 Å². The third-order valence-electron chi connectivity index (χ3n) is 2.45. The molecule has 1 rings (SSSR count). The summed E-state index contributed by atoms with van der Waals surface area (Å²) in [6.45, 7) is 1.29. The number of carbonyl (C=O) groups excluding carboxylic acids is 3. The molecule has 1 aromatic rings. The fraction of sp³-hybridized carbons (Fsp3) is 0.308. The van der Waals surface area contributed by atoms with Gasteiger partial charge in [0.15, 0.2) is 0 Å². The van der Waals surface area contributed by atoms with Gasteiger partial charge >= 0.3 is 5.97 Å². The molecule has 0 heterocycles. The Morgan fingerprint density at radius 3 is 2.40 bits per heavy atom. The van der Waals surface area contributed by atoms with E-state index in [1.165, 1.54) is 14.0 Å². The minimum atomic E-state index is -0.753. The van der Waals surface area contributed by atoms with Crippen LogP contribution in [0.3, 0.4) is 0 Å². The summed E-state index contributed by atoms with van der Waals surface area (Å²) in [5.74, 6) is -1.37. The van der Waals surface area contributed by atoms with E-state index in [1.54, 1.807) is 24.3 Å². The summed E-state index contributed by atoms with van der Waals surface area (Å²) < 4.78 is 5.33. The Morgan fingerprint density at radius 1 is 1.25 bits per heavy atom. The molecule has 1 unspecified atom stereocenters. The fourth-order valence-electron chi connectivity index (χ4n) is 1.39. The number of halogens is 1. The zero-order valence-electron chi connectivity index (χ0n) is 11.1. The number of carbonyl (C=O) groups is 3.